The van der Waals surface area contributed by atoms with Crippen molar-refractivity contribution in [3.8, 4) is 17.1 Å². The van der Waals surface area contributed by atoms with Crippen LogP contribution in [0.2, 0.25) is 0 Å². The second-order valence-corrected chi connectivity index (χ2v) is 6.55. The van der Waals surface area contributed by atoms with Crippen LogP contribution in [-0.4, -0.2) is 24.7 Å². The van der Waals surface area contributed by atoms with Gasteiger partial charge in [0.1, 0.15) is 11.6 Å². The first kappa shape index (κ1) is 19.6. The van der Waals surface area contributed by atoms with E-state index in [1.54, 1.807) is 25.3 Å². The second-order valence-electron chi connectivity index (χ2n) is 6.55. The topological polar surface area (TPSA) is 64.4 Å². The first-order valence-electron chi connectivity index (χ1n) is 9.25. The highest BCUT2D eigenvalue weighted by atomic mass is 19.1. The third kappa shape index (κ3) is 4.76. The average molecular weight is 382 g/mol. The first-order chi connectivity index (χ1) is 13.6. The van der Waals surface area contributed by atoms with Crippen molar-refractivity contribution in [2.45, 2.75) is 25.7 Å². The van der Waals surface area contributed by atoms with E-state index in [0.29, 0.717) is 12.3 Å². The summed E-state index contributed by atoms with van der Waals surface area (Å²) in [6.45, 7) is 2.53. The molecule has 3 aromatic rings. The zero-order valence-corrected chi connectivity index (χ0v) is 15.9. The molecule has 1 atom stereocenters. The summed E-state index contributed by atoms with van der Waals surface area (Å²) < 4.78 is 23.6. The maximum absolute atomic E-state index is 13.2. The first-order valence-corrected chi connectivity index (χ1v) is 9.25. The van der Waals surface area contributed by atoms with Gasteiger partial charge in [0.15, 0.2) is 11.5 Å². The third-order valence-corrected chi connectivity index (χ3v) is 4.60. The molecule has 0 aliphatic heterocycles. The Bertz CT molecular complexity index is 904. The zero-order valence-electron chi connectivity index (χ0n) is 15.9. The summed E-state index contributed by atoms with van der Waals surface area (Å²) >= 11 is 0. The molecule has 1 aromatic heterocycles. The number of hydrogen-bond acceptors (Lipinski definition) is 4. The number of aromatic nitrogens is 1. The van der Waals surface area contributed by atoms with Crippen LogP contribution in [0.25, 0.3) is 11.3 Å². The molecule has 1 heterocycles. The van der Waals surface area contributed by atoms with E-state index >= 15 is 0 Å². The number of amides is 1. The smallest absolute Gasteiger partial charge is 0.273 e. The predicted molar refractivity (Wildman–Crippen MR) is 105 cm³/mol. The van der Waals surface area contributed by atoms with Crippen LogP contribution in [0.15, 0.2) is 59.1 Å². The van der Waals surface area contributed by atoms with Gasteiger partial charge in [0, 0.05) is 24.1 Å². The van der Waals surface area contributed by atoms with Gasteiger partial charge in [-0.05, 0) is 48.4 Å². The molecule has 6 heteroatoms. The summed E-state index contributed by atoms with van der Waals surface area (Å²) in [6, 6.07) is 15.3. The van der Waals surface area contributed by atoms with Gasteiger partial charge in [-0.3, -0.25) is 4.79 Å². The zero-order chi connectivity index (χ0) is 19.9. The lowest BCUT2D eigenvalue weighted by Gasteiger charge is -2.17. The molecule has 146 valence electrons. The molecule has 0 aliphatic carbocycles. The molecular weight excluding hydrogens is 359 g/mol. The van der Waals surface area contributed by atoms with Gasteiger partial charge < -0.3 is 14.6 Å². The maximum Gasteiger partial charge on any atom is 0.273 e. The van der Waals surface area contributed by atoms with Crippen molar-refractivity contribution in [2.75, 3.05) is 13.7 Å². The number of rotatable bonds is 8. The Morgan fingerprint density at radius 2 is 1.89 bits per heavy atom. The Labute approximate surface area is 163 Å². The molecule has 1 amide bonds. The van der Waals surface area contributed by atoms with Crippen LogP contribution in [0.5, 0.6) is 5.75 Å². The van der Waals surface area contributed by atoms with Gasteiger partial charge in [-0.2, -0.15) is 0 Å². The minimum Gasteiger partial charge on any atom is -0.497 e. The van der Waals surface area contributed by atoms with Crippen molar-refractivity contribution in [1.29, 1.82) is 0 Å². The second kappa shape index (κ2) is 9.17. The van der Waals surface area contributed by atoms with Gasteiger partial charge in [-0.25, -0.2) is 4.39 Å². The average Bonchev–Trinajstić information content (AvgIpc) is 3.22. The Balaban J connectivity index is 1.65. The van der Waals surface area contributed by atoms with Gasteiger partial charge in [0.2, 0.25) is 0 Å². The Morgan fingerprint density at radius 1 is 1.18 bits per heavy atom. The van der Waals surface area contributed by atoms with Crippen LogP contribution in [0.3, 0.4) is 0 Å². The fraction of sp³-hybridized carbons (Fsp3) is 0.273. The molecule has 0 aliphatic rings. The molecule has 0 radical (unpaired) electrons. The predicted octanol–water partition coefficient (Wildman–Crippen LogP) is 4.80. The Morgan fingerprint density at radius 3 is 2.54 bits per heavy atom. The number of ether oxygens (including phenoxy) is 1. The summed E-state index contributed by atoms with van der Waals surface area (Å²) in [6.07, 6.45) is 1.85. The normalized spacial score (nSPS) is 11.8. The molecule has 5 nitrogen and oxygen atoms in total. The van der Waals surface area contributed by atoms with Crippen molar-refractivity contribution in [3.63, 3.8) is 0 Å². The molecule has 0 spiro atoms. The van der Waals surface area contributed by atoms with Crippen molar-refractivity contribution >= 4 is 5.91 Å². The summed E-state index contributed by atoms with van der Waals surface area (Å²) in [5.74, 6) is 0.798. The fourth-order valence-corrected chi connectivity index (χ4v) is 3.05. The lowest BCUT2D eigenvalue weighted by molar-refractivity contribution is 0.0941. The molecule has 2 aromatic carbocycles. The molecule has 0 bridgehead atoms. The van der Waals surface area contributed by atoms with Gasteiger partial charge in [0.05, 0.1) is 7.11 Å². The molecule has 3 rings (SSSR count). The largest absolute Gasteiger partial charge is 0.497 e. The minimum atomic E-state index is -0.299. The number of nitrogens with one attached hydrogen (secondary N) is 1. The van der Waals surface area contributed by atoms with Crippen LogP contribution in [-0.2, 0) is 0 Å². The Hall–Kier alpha value is -3.15. The number of benzene rings is 2. The molecule has 0 fully saturated rings. The summed E-state index contributed by atoms with van der Waals surface area (Å²) in [5.41, 5.74) is 2.03. The van der Waals surface area contributed by atoms with Crippen LogP contribution < -0.4 is 10.1 Å². The van der Waals surface area contributed by atoms with E-state index in [-0.39, 0.29) is 23.3 Å². The Kier molecular flexibility index (Phi) is 6.42. The van der Waals surface area contributed by atoms with Crippen molar-refractivity contribution < 1.29 is 18.4 Å². The standard InChI is InChI=1S/C22H23FN2O3/c1-3-4-17(15-5-9-18(23)10-6-15)14-24-22(26)20-13-21(28-25-20)16-7-11-19(27-2)12-8-16/h5-13,17H,3-4,14H2,1-2H3,(H,24,26)/t17-/m0/s1. The summed E-state index contributed by atoms with van der Waals surface area (Å²) in [5, 5.41) is 6.78. The van der Waals surface area contributed by atoms with E-state index in [0.717, 1.165) is 29.7 Å². The van der Waals surface area contributed by atoms with Crippen LogP contribution in [0.4, 0.5) is 4.39 Å². The molecule has 1 N–H and O–H groups in total. The van der Waals surface area contributed by atoms with E-state index in [9.17, 15) is 9.18 Å². The highest BCUT2D eigenvalue weighted by Crippen LogP contribution is 2.24. The maximum atomic E-state index is 13.2. The van der Waals surface area contributed by atoms with Gasteiger partial charge in [0.25, 0.3) is 5.91 Å². The van der Waals surface area contributed by atoms with Crippen LogP contribution in [0.1, 0.15) is 41.7 Å². The van der Waals surface area contributed by atoms with Crippen LogP contribution in [0, 0.1) is 5.82 Å². The van der Waals surface area contributed by atoms with Crippen molar-refractivity contribution in [1.82, 2.24) is 10.5 Å². The van der Waals surface area contributed by atoms with E-state index < -0.39 is 0 Å². The van der Waals surface area contributed by atoms with Gasteiger partial charge in [-0.1, -0.05) is 30.6 Å². The van der Waals surface area contributed by atoms with Crippen molar-refractivity contribution in [2.24, 2.45) is 0 Å². The lowest BCUT2D eigenvalue weighted by atomic mass is 9.94. The highest BCUT2D eigenvalue weighted by Gasteiger charge is 2.17. The van der Waals surface area contributed by atoms with Crippen LogP contribution >= 0.6 is 0 Å². The summed E-state index contributed by atoms with van der Waals surface area (Å²) in [7, 11) is 1.60. The van der Waals surface area contributed by atoms with E-state index in [4.69, 9.17) is 9.26 Å². The van der Waals surface area contributed by atoms with Gasteiger partial charge >= 0.3 is 0 Å². The fourth-order valence-electron chi connectivity index (χ4n) is 3.05. The van der Waals surface area contributed by atoms with E-state index in [1.165, 1.54) is 12.1 Å². The molecule has 0 saturated carbocycles. The highest BCUT2D eigenvalue weighted by molar-refractivity contribution is 5.93. The number of halogens is 1. The molecule has 28 heavy (non-hydrogen) atoms. The SMILES string of the molecule is CCC[C@@H](CNC(=O)c1cc(-c2ccc(OC)cc2)on1)c1ccc(F)cc1. The molecule has 0 saturated heterocycles. The number of carbonyl (C=O) groups excluding carboxylic acids is 1. The number of carbonyl (C=O) groups is 1. The molecule has 0 unspecified atom stereocenters. The minimum absolute atomic E-state index is 0.113. The number of methoxy groups -OCH3 is 1. The van der Waals surface area contributed by atoms with E-state index in [1.807, 2.05) is 24.3 Å². The third-order valence-electron chi connectivity index (χ3n) is 4.60. The molecular formula is C22H23FN2O3. The number of nitrogens with zero attached hydrogens (tertiary/aromatic N) is 1. The van der Waals surface area contributed by atoms with E-state index in [2.05, 4.69) is 17.4 Å². The quantitative estimate of drug-likeness (QED) is 0.608. The number of hydrogen-bond donors (Lipinski definition) is 1. The summed E-state index contributed by atoms with van der Waals surface area (Å²) in [4.78, 5) is 12.5. The lowest BCUT2D eigenvalue weighted by Crippen LogP contribution is -2.28. The monoisotopic (exact) mass is 382 g/mol. The van der Waals surface area contributed by atoms with Gasteiger partial charge in [-0.15, -0.1) is 0 Å². The van der Waals surface area contributed by atoms with Crippen molar-refractivity contribution in [3.05, 3.63) is 71.7 Å².